The lowest BCUT2D eigenvalue weighted by molar-refractivity contribution is 0.0605. The fourth-order valence-corrected chi connectivity index (χ4v) is 3.42. The summed E-state index contributed by atoms with van der Waals surface area (Å²) in [6, 6.07) is 0. The lowest BCUT2D eigenvalue weighted by Gasteiger charge is -2.33. The van der Waals surface area contributed by atoms with Gasteiger partial charge < -0.3 is 10.8 Å². The normalized spacial score (nSPS) is 28.2. The van der Waals surface area contributed by atoms with Crippen molar-refractivity contribution in [2.75, 3.05) is 25.4 Å². The zero-order chi connectivity index (χ0) is 12.2. The number of hydrogen-bond acceptors (Lipinski definition) is 4. The van der Waals surface area contributed by atoms with E-state index >= 15 is 0 Å². The van der Waals surface area contributed by atoms with Crippen LogP contribution in [-0.2, 0) is 10.0 Å². The Bertz CT molecular complexity index is 305. The maximum Gasteiger partial charge on any atom is 0.214 e. The Balaban J connectivity index is 2.49. The van der Waals surface area contributed by atoms with Crippen molar-refractivity contribution >= 4 is 10.0 Å². The van der Waals surface area contributed by atoms with E-state index in [1.165, 1.54) is 4.31 Å². The van der Waals surface area contributed by atoms with Gasteiger partial charge in [-0.05, 0) is 31.7 Å². The summed E-state index contributed by atoms with van der Waals surface area (Å²) in [7, 11) is -3.19. The van der Waals surface area contributed by atoms with Crippen LogP contribution in [0.3, 0.4) is 0 Å². The van der Waals surface area contributed by atoms with E-state index in [1.54, 1.807) is 0 Å². The summed E-state index contributed by atoms with van der Waals surface area (Å²) in [4.78, 5) is 0. The minimum absolute atomic E-state index is 0.144. The van der Waals surface area contributed by atoms with Gasteiger partial charge >= 0.3 is 0 Å². The van der Waals surface area contributed by atoms with Crippen LogP contribution < -0.4 is 5.73 Å². The third-order valence-corrected chi connectivity index (χ3v) is 5.05. The molecular weight excluding hydrogens is 228 g/mol. The molecule has 0 amide bonds. The summed E-state index contributed by atoms with van der Waals surface area (Å²) in [6.45, 7) is 3.24. The van der Waals surface area contributed by atoms with Gasteiger partial charge in [0.2, 0.25) is 10.0 Å². The van der Waals surface area contributed by atoms with Gasteiger partial charge in [0, 0.05) is 13.1 Å². The Morgan fingerprint density at radius 2 is 2.12 bits per heavy atom. The molecule has 1 aliphatic rings. The van der Waals surface area contributed by atoms with Gasteiger partial charge in [0.25, 0.3) is 0 Å². The minimum atomic E-state index is -3.19. The predicted molar refractivity (Wildman–Crippen MR) is 63.4 cm³/mol. The number of aliphatic hydroxyl groups is 1. The van der Waals surface area contributed by atoms with Crippen LogP contribution in [0.4, 0.5) is 0 Å². The number of β-amino-alcohol motifs (C(OH)–C–C–N with tert-alkyl or cyclic N) is 1. The first-order chi connectivity index (χ1) is 7.47. The fraction of sp³-hybridized carbons (Fsp3) is 1.00. The van der Waals surface area contributed by atoms with Gasteiger partial charge in [-0.15, -0.1) is 0 Å². The van der Waals surface area contributed by atoms with Gasteiger partial charge in [-0.2, -0.15) is 4.31 Å². The quantitative estimate of drug-likeness (QED) is 0.660. The van der Waals surface area contributed by atoms with E-state index in [1.807, 2.05) is 6.92 Å². The van der Waals surface area contributed by atoms with Crippen molar-refractivity contribution in [2.45, 2.75) is 32.3 Å². The molecule has 5 nitrogen and oxygen atoms in total. The zero-order valence-electron chi connectivity index (χ0n) is 9.80. The monoisotopic (exact) mass is 250 g/mol. The predicted octanol–water partition coefficient (Wildman–Crippen LogP) is -0.242. The van der Waals surface area contributed by atoms with E-state index in [4.69, 9.17) is 5.73 Å². The summed E-state index contributed by atoms with van der Waals surface area (Å²) in [5.74, 6) is 0.334. The van der Waals surface area contributed by atoms with Gasteiger partial charge in [0.05, 0.1) is 11.9 Å². The number of sulfonamides is 1. The molecule has 0 aliphatic carbocycles. The summed E-state index contributed by atoms with van der Waals surface area (Å²) in [5, 5.41) is 9.66. The van der Waals surface area contributed by atoms with Crippen molar-refractivity contribution in [3.05, 3.63) is 0 Å². The van der Waals surface area contributed by atoms with Crippen molar-refractivity contribution in [1.29, 1.82) is 0 Å². The lowest BCUT2D eigenvalue weighted by atomic mass is 9.98. The van der Waals surface area contributed by atoms with Crippen LogP contribution in [0.25, 0.3) is 0 Å². The largest absolute Gasteiger partial charge is 0.391 e. The Morgan fingerprint density at radius 1 is 1.44 bits per heavy atom. The first kappa shape index (κ1) is 13.9. The highest BCUT2D eigenvalue weighted by Crippen LogP contribution is 2.20. The third kappa shape index (κ3) is 3.69. The molecule has 1 fully saturated rings. The Morgan fingerprint density at radius 3 is 2.69 bits per heavy atom. The molecule has 1 rings (SSSR count). The maximum absolute atomic E-state index is 11.9. The van der Waals surface area contributed by atoms with E-state index in [2.05, 4.69) is 0 Å². The van der Waals surface area contributed by atoms with Crippen molar-refractivity contribution in [2.24, 2.45) is 11.7 Å². The van der Waals surface area contributed by atoms with Gasteiger partial charge in [-0.3, -0.25) is 0 Å². The molecule has 0 saturated carbocycles. The number of aliphatic hydroxyl groups excluding tert-OH is 1. The molecule has 0 aromatic carbocycles. The molecule has 0 aromatic heterocycles. The summed E-state index contributed by atoms with van der Waals surface area (Å²) >= 11 is 0. The summed E-state index contributed by atoms with van der Waals surface area (Å²) in [6.07, 6.45) is 1.53. The second kappa shape index (κ2) is 5.95. The molecule has 3 N–H and O–H groups in total. The smallest absolute Gasteiger partial charge is 0.214 e. The van der Waals surface area contributed by atoms with Crippen LogP contribution in [0, 0.1) is 5.92 Å². The zero-order valence-corrected chi connectivity index (χ0v) is 10.6. The molecule has 0 bridgehead atoms. The molecule has 0 radical (unpaired) electrons. The van der Waals surface area contributed by atoms with E-state index in [0.29, 0.717) is 19.5 Å². The molecule has 2 unspecified atom stereocenters. The Kier molecular flexibility index (Phi) is 5.17. The van der Waals surface area contributed by atoms with Gasteiger partial charge in [0.15, 0.2) is 0 Å². The first-order valence-corrected chi connectivity index (χ1v) is 7.44. The minimum Gasteiger partial charge on any atom is -0.391 e. The molecule has 16 heavy (non-hydrogen) atoms. The van der Waals surface area contributed by atoms with E-state index in [-0.39, 0.29) is 18.2 Å². The molecule has 1 saturated heterocycles. The van der Waals surface area contributed by atoms with Crippen molar-refractivity contribution in [1.82, 2.24) is 4.31 Å². The van der Waals surface area contributed by atoms with Crippen molar-refractivity contribution in [3.63, 3.8) is 0 Å². The van der Waals surface area contributed by atoms with Crippen LogP contribution in [0.5, 0.6) is 0 Å². The molecule has 0 spiro atoms. The second-order valence-corrected chi connectivity index (χ2v) is 6.59. The summed E-state index contributed by atoms with van der Waals surface area (Å²) in [5.41, 5.74) is 5.33. The van der Waals surface area contributed by atoms with Gasteiger partial charge in [-0.25, -0.2) is 8.42 Å². The highest BCUT2D eigenvalue weighted by atomic mass is 32.2. The molecule has 2 atom stereocenters. The van der Waals surface area contributed by atoms with E-state index in [0.717, 1.165) is 12.8 Å². The Hall–Kier alpha value is -0.170. The van der Waals surface area contributed by atoms with E-state index < -0.39 is 16.1 Å². The van der Waals surface area contributed by atoms with Crippen LogP contribution in [0.1, 0.15) is 26.2 Å². The average Bonchev–Trinajstić information content (AvgIpc) is 2.22. The number of rotatable bonds is 5. The molecule has 0 aromatic rings. The summed E-state index contributed by atoms with van der Waals surface area (Å²) < 4.78 is 25.2. The van der Waals surface area contributed by atoms with Gasteiger partial charge in [0.1, 0.15) is 0 Å². The van der Waals surface area contributed by atoms with Gasteiger partial charge in [-0.1, -0.05) is 6.92 Å². The topological polar surface area (TPSA) is 83.6 Å². The molecule has 1 heterocycles. The fourth-order valence-electron chi connectivity index (χ4n) is 1.83. The number of piperidine rings is 1. The maximum atomic E-state index is 11.9. The van der Waals surface area contributed by atoms with Crippen LogP contribution in [0.15, 0.2) is 0 Å². The van der Waals surface area contributed by atoms with Crippen molar-refractivity contribution in [3.8, 4) is 0 Å². The highest BCUT2D eigenvalue weighted by Gasteiger charge is 2.31. The lowest BCUT2D eigenvalue weighted by Crippen LogP contribution is -2.46. The SMILES string of the molecule is CC1CCN(S(=O)(=O)CCCCN)CC1O. The number of hydrogen-bond donors (Lipinski definition) is 2. The van der Waals surface area contributed by atoms with Crippen LogP contribution >= 0.6 is 0 Å². The molecule has 6 heteroatoms. The average molecular weight is 250 g/mol. The highest BCUT2D eigenvalue weighted by molar-refractivity contribution is 7.89. The van der Waals surface area contributed by atoms with Crippen molar-refractivity contribution < 1.29 is 13.5 Å². The molecule has 1 aliphatic heterocycles. The molecular formula is C10H22N2O3S. The second-order valence-electron chi connectivity index (χ2n) is 4.50. The molecule has 96 valence electrons. The Labute approximate surface area is 97.7 Å². The standard InChI is InChI=1S/C10H22N2O3S/c1-9-4-6-12(8-10(9)13)16(14,15)7-3-2-5-11/h9-10,13H,2-8,11H2,1H3. The first-order valence-electron chi connectivity index (χ1n) is 5.83. The van der Waals surface area contributed by atoms with Crippen LogP contribution in [-0.4, -0.2) is 49.3 Å². The third-order valence-electron chi connectivity index (χ3n) is 3.13. The number of unbranched alkanes of at least 4 members (excludes halogenated alkanes) is 1. The van der Waals surface area contributed by atoms with Crippen LogP contribution in [0.2, 0.25) is 0 Å². The number of nitrogens with zero attached hydrogens (tertiary/aromatic N) is 1. The van der Waals surface area contributed by atoms with E-state index in [9.17, 15) is 13.5 Å². The number of nitrogens with two attached hydrogens (primary N) is 1.